The van der Waals surface area contributed by atoms with Gasteiger partial charge in [-0.05, 0) is 43.7 Å². The van der Waals surface area contributed by atoms with Crippen molar-refractivity contribution in [2.75, 3.05) is 6.54 Å². The van der Waals surface area contributed by atoms with Crippen LogP contribution in [0.4, 0.5) is 0 Å². The molecular formula is C16H25N3O. The van der Waals surface area contributed by atoms with Crippen LogP contribution in [0, 0.1) is 5.92 Å². The maximum Gasteiger partial charge on any atom is 0.237 e. The lowest BCUT2D eigenvalue weighted by molar-refractivity contribution is -0.123. The van der Waals surface area contributed by atoms with Crippen molar-refractivity contribution in [1.82, 2.24) is 10.3 Å². The Morgan fingerprint density at radius 1 is 1.35 bits per heavy atom. The zero-order chi connectivity index (χ0) is 14.2. The summed E-state index contributed by atoms with van der Waals surface area (Å²) in [6, 6.07) is 5.58. The Labute approximate surface area is 121 Å². The van der Waals surface area contributed by atoms with Crippen LogP contribution in [0.15, 0.2) is 24.4 Å². The van der Waals surface area contributed by atoms with Gasteiger partial charge in [0.05, 0.1) is 6.04 Å². The van der Waals surface area contributed by atoms with Crippen molar-refractivity contribution in [3.8, 4) is 0 Å². The summed E-state index contributed by atoms with van der Waals surface area (Å²) in [6.07, 6.45) is 9.50. The molecule has 1 atom stereocenters. The van der Waals surface area contributed by atoms with Gasteiger partial charge in [-0.25, -0.2) is 0 Å². The molecule has 4 heteroatoms. The number of aromatic nitrogens is 1. The van der Waals surface area contributed by atoms with Gasteiger partial charge in [0.15, 0.2) is 0 Å². The zero-order valence-corrected chi connectivity index (χ0v) is 12.1. The topological polar surface area (TPSA) is 68.0 Å². The van der Waals surface area contributed by atoms with E-state index >= 15 is 0 Å². The second-order valence-corrected chi connectivity index (χ2v) is 5.64. The lowest BCUT2D eigenvalue weighted by Crippen LogP contribution is -2.46. The number of carbonyl (C=O) groups excluding carboxylic acids is 1. The van der Waals surface area contributed by atoms with E-state index in [1.165, 1.54) is 19.3 Å². The molecule has 110 valence electrons. The lowest BCUT2D eigenvalue weighted by atomic mass is 9.84. The highest BCUT2D eigenvalue weighted by Crippen LogP contribution is 2.25. The first-order chi connectivity index (χ1) is 9.77. The molecule has 0 aliphatic heterocycles. The number of carbonyl (C=O) groups is 1. The zero-order valence-electron chi connectivity index (χ0n) is 12.1. The van der Waals surface area contributed by atoms with Crippen LogP contribution in [-0.2, 0) is 11.2 Å². The molecule has 4 nitrogen and oxygen atoms in total. The fraction of sp³-hybridized carbons (Fsp3) is 0.625. The Kier molecular flexibility index (Phi) is 5.99. The number of aryl methyl sites for hydroxylation is 1. The maximum absolute atomic E-state index is 12.0. The normalized spacial score (nSPS) is 17.6. The summed E-state index contributed by atoms with van der Waals surface area (Å²) >= 11 is 0. The maximum atomic E-state index is 12.0. The summed E-state index contributed by atoms with van der Waals surface area (Å²) in [7, 11) is 0. The van der Waals surface area contributed by atoms with Crippen LogP contribution in [0.25, 0.3) is 0 Å². The number of rotatable bonds is 6. The molecule has 1 unspecified atom stereocenters. The monoisotopic (exact) mass is 275 g/mol. The predicted octanol–water partition coefficient (Wildman–Crippen LogP) is 2.04. The number of amides is 1. The van der Waals surface area contributed by atoms with E-state index in [0.717, 1.165) is 31.4 Å². The van der Waals surface area contributed by atoms with Crippen molar-refractivity contribution >= 4 is 5.91 Å². The molecule has 1 heterocycles. The van der Waals surface area contributed by atoms with Gasteiger partial charge in [-0.15, -0.1) is 0 Å². The van der Waals surface area contributed by atoms with Gasteiger partial charge < -0.3 is 11.1 Å². The van der Waals surface area contributed by atoms with Crippen molar-refractivity contribution in [3.05, 3.63) is 30.1 Å². The third-order valence-corrected chi connectivity index (χ3v) is 4.10. The molecule has 1 aromatic heterocycles. The summed E-state index contributed by atoms with van der Waals surface area (Å²) in [5.74, 6) is 0.387. The van der Waals surface area contributed by atoms with Gasteiger partial charge >= 0.3 is 0 Å². The van der Waals surface area contributed by atoms with Crippen LogP contribution in [-0.4, -0.2) is 23.5 Å². The van der Waals surface area contributed by atoms with Gasteiger partial charge in [0.2, 0.25) is 5.91 Å². The molecule has 0 bridgehead atoms. The number of nitrogens with two attached hydrogens (primary N) is 1. The quantitative estimate of drug-likeness (QED) is 0.781. The standard InChI is InChI=1S/C16H25N3O/c17-15(13-7-2-1-3-8-13)16(20)19-12-6-10-14-9-4-5-11-18-14/h4-5,9,11,13,15H,1-3,6-8,10,12,17H2,(H,19,20). The number of hydrogen-bond acceptors (Lipinski definition) is 3. The van der Waals surface area contributed by atoms with E-state index < -0.39 is 0 Å². The fourth-order valence-corrected chi connectivity index (χ4v) is 2.85. The summed E-state index contributed by atoms with van der Waals surface area (Å²) in [4.78, 5) is 16.3. The van der Waals surface area contributed by atoms with Crippen molar-refractivity contribution in [2.24, 2.45) is 11.7 Å². The lowest BCUT2D eigenvalue weighted by Gasteiger charge is -2.26. The smallest absolute Gasteiger partial charge is 0.237 e. The molecule has 0 aromatic carbocycles. The highest BCUT2D eigenvalue weighted by Gasteiger charge is 2.25. The molecule has 1 saturated carbocycles. The van der Waals surface area contributed by atoms with Crippen LogP contribution >= 0.6 is 0 Å². The SMILES string of the molecule is NC(C(=O)NCCCc1ccccn1)C1CCCCC1. The highest BCUT2D eigenvalue weighted by molar-refractivity contribution is 5.81. The predicted molar refractivity (Wildman–Crippen MR) is 80.1 cm³/mol. The van der Waals surface area contributed by atoms with E-state index in [-0.39, 0.29) is 11.9 Å². The van der Waals surface area contributed by atoms with E-state index in [2.05, 4.69) is 10.3 Å². The van der Waals surface area contributed by atoms with E-state index in [9.17, 15) is 4.79 Å². The molecule has 0 radical (unpaired) electrons. The first-order valence-corrected chi connectivity index (χ1v) is 7.70. The Balaban J connectivity index is 1.64. The van der Waals surface area contributed by atoms with Gasteiger partial charge in [0.25, 0.3) is 0 Å². The van der Waals surface area contributed by atoms with Crippen molar-refractivity contribution in [3.63, 3.8) is 0 Å². The third-order valence-electron chi connectivity index (χ3n) is 4.10. The molecule has 1 aliphatic rings. The molecule has 1 aliphatic carbocycles. The second-order valence-electron chi connectivity index (χ2n) is 5.64. The fourth-order valence-electron chi connectivity index (χ4n) is 2.85. The minimum atomic E-state index is -0.329. The van der Waals surface area contributed by atoms with Gasteiger partial charge in [-0.3, -0.25) is 9.78 Å². The van der Waals surface area contributed by atoms with Gasteiger partial charge in [-0.1, -0.05) is 25.3 Å². The molecule has 3 N–H and O–H groups in total. The van der Waals surface area contributed by atoms with Crippen LogP contribution in [0.1, 0.15) is 44.2 Å². The van der Waals surface area contributed by atoms with Crippen LogP contribution in [0.2, 0.25) is 0 Å². The summed E-state index contributed by atoms with van der Waals surface area (Å²) < 4.78 is 0. The van der Waals surface area contributed by atoms with Gasteiger partial charge in [0, 0.05) is 18.4 Å². The first-order valence-electron chi connectivity index (χ1n) is 7.70. The minimum Gasteiger partial charge on any atom is -0.355 e. The molecule has 0 spiro atoms. The van der Waals surface area contributed by atoms with E-state index in [4.69, 9.17) is 5.73 Å². The molecular weight excluding hydrogens is 250 g/mol. The van der Waals surface area contributed by atoms with Gasteiger partial charge in [0.1, 0.15) is 0 Å². The minimum absolute atomic E-state index is 0.0120. The molecule has 1 aromatic rings. The summed E-state index contributed by atoms with van der Waals surface area (Å²) in [5.41, 5.74) is 7.13. The second kappa shape index (κ2) is 8.00. The van der Waals surface area contributed by atoms with Gasteiger partial charge in [-0.2, -0.15) is 0 Å². The number of nitrogens with one attached hydrogen (secondary N) is 1. The molecule has 20 heavy (non-hydrogen) atoms. The molecule has 2 rings (SSSR count). The van der Waals surface area contributed by atoms with Crippen molar-refractivity contribution in [1.29, 1.82) is 0 Å². The number of hydrogen-bond donors (Lipinski definition) is 2. The highest BCUT2D eigenvalue weighted by atomic mass is 16.2. The van der Waals surface area contributed by atoms with E-state index in [1.54, 1.807) is 6.20 Å². The van der Waals surface area contributed by atoms with Crippen molar-refractivity contribution in [2.45, 2.75) is 51.0 Å². The Hall–Kier alpha value is -1.42. The van der Waals surface area contributed by atoms with Crippen molar-refractivity contribution < 1.29 is 4.79 Å². The molecule has 0 saturated heterocycles. The first kappa shape index (κ1) is 15.0. The summed E-state index contributed by atoms with van der Waals surface area (Å²) in [6.45, 7) is 0.676. The van der Waals surface area contributed by atoms with E-state index in [0.29, 0.717) is 12.5 Å². The van der Waals surface area contributed by atoms with Crippen LogP contribution < -0.4 is 11.1 Å². The average Bonchev–Trinajstić information content (AvgIpc) is 2.52. The molecule has 1 amide bonds. The number of pyridine rings is 1. The Morgan fingerprint density at radius 3 is 2.85 bits per heavy atom. The van der Waals surface area contributed by atoms with E-state index in [1.807, 2.05) is 18.2 Å². The molecule has 1 fully saturated rings. The Bertz CT molecular complexity index is 401. The summed E-state index contributed by atoms with van der Waals surface area (Å²) in [5, 5.41) is 2.96. The average molecular weight is 275 g/mol. The third kappa shape index (κ3) is 4.60. The number of nitrogens with zero attached hydrogens (tertiary/aromatic N) is 1. The largest absolute Gasteiger partial charge is 0.355 e. The Morgan fingerprint density at radius 2 is 2.15 bits per heavy atom. The van der Waals surface area contributed by atoms with Crippen LogP contribution in [0.5, 0.6) is 0 Å². The van der Waals surface area contributed by atoms with Crippen LogP contribution in [0.3, 0.4) is 0 Å².